The molecule has 0 saturated carbocycles. The fraction of sp³-hybridized carbons (Fsp3) is 0.385. The van der Waals surface area contributed by atoms with Crippen LogP contribution in [0.3, 0.4) is 0 Å². The predicted molar refractivity (Wildman–Crippen MR) is 67.9 cm³/mol. The average molecular weight is 250 g/mol. The molecule has 0 radical (unpaired) electrons. The Kier molecular flexibility index (Phi) is 5.87. The number of likely N-dealkylation sites (N-methyl/N-ethyl adjacent to an activating group) is 1. The Morgan fingerprint density at radius 3 is 2.50 bits per heavy atom. The first-order chi connectivity index (χ1) is 8.69. The minimum Gasteiger partial charge on any atom is -0.372 e. The van der Waals surface area contributed by atoms with Crippen LogP contribution >= 0.6 is 0 Å². The molecule has 18 heavy (non-hydrogen) atoms. The first-order valence-electron chi connectivity index (χ1n) is 5.82. The van der Waals surface area contributed by atoms with Crippen LogP contribution in [0.1, 0.15) is 18.5 Å². The third-order valence-corrected chi connectivity index (χ3v) is 2.38. The number of ether oxygens (including phenoxy) is 1. The van der Waals surface area contributed by atoms with Gasteiger partial charge in [-0.2, -0.15) is 0 Å². The van der Waals surface area contributed by atoms with E-state index in [4.69, 9.17) is 4.74 Å². The van der Waals surface area contributed by atoms with Gasteiger partial charge in [0, 0.05) is 13.7 Å². The molecule has 0 saturated heterocycles. The SMILES string of the molecule is CCOCC(=O)NC(C(=O)NC)c1ccccc1. The fourth-order valence-corrected chi connectivity index (χ4v) is 1.49. The molecule has 1 aromatic carbocycles. The van der Waals surface area contributed by atoms with Crippen LogP contribution in [0.4, 0.5) is 0 Å². The Morgan fingerprint density at radius 2 is 1.94 bits per heavy atom. The van der Waals surface area contributed by atoms with Crippen molar-refractivity contribution in [3.63, 3.8) is 0 Å². The van der Waals surface area contributed by atoms with Gasteiger partial charge in [0.05, 0.1) is 0 Å². The molecule has 0 fully saturated rings. The standard InChI is InChI=1S/C13H18N2O3/c1-3-18-9-11(16)15-12(13(17)14-2)10-7-5-4-6-8-10/h4-8,12H,3,9H2,1-2H3,(H,14,17)(H,15,16). The summed E-state index contributed by atoms with van der Waals surface area (Å²) >= 11 is 0. The number of hydrogen-bond donors (Lipinski definition) is 2. The van der Waals surface area contributed by atoms with E-state index in [1.54, 1.807) is 19.1 Å². The van der Waals surface area contributed by atoms with Crippen LogP contribution in [-0.4, -0.2) is 32.1 Å². The van der Waals surface area contributed by atoms with Crippen LogP contribution < -0.4 is 10.6 Å². The van der Waals surface area contributed by atoms with Crippen molar-refractivity contribution in [3.8, 4) is 0 Å². The molecule has 0 aliphatic rings. The Morgan fingerprint density at radius 1 is 1.28 bits per heavy atom. The second-order valence-electron chi connectivity index (χ2n) is 3.66. The second-order valence-corrected chi connectivity index (χ2v) is 3.66. The largest absolute Gasteiger partial charge is 0.372 e. The lowest BCUT2D eigenvalue weighted by Crippen LogP contribution is -2.40. The first-order valence-corrected chi connectivity index (χ1v) is 5.82. The van der Waals surface area contributed by atoms with E-state index in [0.29, 0.717) is 6.61 Å². The predicted octanol–water partition coefficient (Wildman–Crippen LogP) is 0.626. The Balaban J connectivity index is 2.74. The van der Waals surface area contributed by atoms with Gasteiger partial charge in [0.1, 0.15) is 12.6 Å². The molecule has 0 spiro atoms. The first kappa shape index (κ1) is 14.2. The van der Waals surface area contributed by atoms with Crippen molar-refractivity contribution in [3.05, 3.63) is 35.9 Å². The van der Waals surface area contributed by atoms with Crippen LogP contribution in [0, 0.1) is 0 Å². The summed E-state index contributed by atoms with van der Waals surface area (Å²) in [5, 5.41) is 5.17. The molecule has 0 heterocycles. The van der Waals surface area contributed by atoms with Crippen molar-refractivity contribution in [2.75, 3.05) is 20.3 Å². The van der Waals surface area contributed by atoms with Gasteiger partial charge >= 0.3 is 0 Å². The monoisotopic (exact) mass is 250 g/mol. The molecule has 0 bridgehead atoms. The molecule has 2 N–H and O–H groups in total. The van der Waals surface area contributed by atoms with E-state index in [9.17, 15) is 9.59 Å². The van der Waals surface area contributed by atoms with E-state index in [-0.39, 0.29) is 18.4 Å². The van der Waals surface area contributed by atoms with Crippen molar-refractivity contribution >= 4 is 11.8 Å². The summed E-state index contributed by atoms with van der Waals surface area (Å²) in [5.74, 6) is -0.569. The zero-order chi connectivity index (χ0) is 13.4. The summed E-state index contributed by atoms with van der Waals surface area (Å²) in [5.41, 5.74) is 0.738. The van der Waals surface area contributed by atoms with Crippen LogP contribution in [0.2, 0.25) is 0 Å². The van der Waals surface area contributed by atoms with Crippen LogP contribution in [-0.2, 0) is 14.3 Å². The van der Waals surface area contributed by atoms with E-state index >= 15 is 0 Å². The number of benzene rings is 1. The molecule has 1 atom stereocenters. The molecule has 98 valence electrons. The van der Waals surface area contributed by atoms with Gasteiger partial charge < -0.3 is 15.4 Å². The summed E-state index contributed by atoms with van der Waals surface area (Å²) < 4.78 is 5.00. The van der Waals surface area contributed by atoms with E-state index in [0.717, 1.165) is 5.56 Å². The van der Waals surface area contributed by atoms with Crippen molar-refractivity contribution < 1.29 is 14.3 Å². The molecule has 5 heteroatoms. The molecule has 0 aliphatic heterocycles. The zero-order valence-corrected chi connectivity index (χ0v) is 10.6. The number of amides is 2. The van der Waals surface area contributed by atoms with E-state index in [1.165, 1.54) is 7.05 Å². The molecular weight excluding hydrogens is 232 g/mol. The highest BCUT2D eigenvalue weighted by Crippen LogP contribution is 2.12. The van der Waals surface area contributed by atoms with Crippen molar-refractivity contribution in [2.24, 2.45) is 0 Å². The molecular formula is C13H18N2O3. The maximum absolute atomic E-state index is 11.8. The number of nitrogens with one attached hydrogen (secondary N) is 2. The third kappa shape index (κ3) is 4.18. The summed E-state index contributed by atoms with van der Waals surface area (Å²) in [6.45, 7) is 2.22. The third-order valence-electron chi connectivity index (χ3n) is 2.38. The zero-order valence-electron chi connectivity index (χ0n) is 10.6. The average Bonchev–Trinajstić information content (AvgIpc) is 2.42. The number of carbonyl (C=O) groups excluding carboxylic acids is 2. The lowest BCUT2D eigenvalue weighted by molar-refractivity contribution is -0.131. The van der Waals surface area contributed by atoms with Gasteiger partial charge in [0.25, 0.3) is 0 Å². The molecule has 5 nitrogen and oxygen atoms in total. The van der Waals surface area contributed by atoms with E-state index in [2.05, 4.69) is 10.6 Å². The molecule has 0 aromatic heterocycles. The topological polar surface area (TPSA) is 67.4 Å². The van der Waals surface area contributed by atoms with E-state index < -0.39 is 6.04 Å². The molecule has 1 aromatic rings. The van der Waals surface area contributed by atoms with Gasteiger partial charge in [-0.25, -0.2) is 0 Å². The van der Waals surface area contributed by atoms with Gasteiger partial charge in [-0.15, -0.1) is 0 Å². The Bertz CT molecular complexity index is 392. The van der Waals surface area contributed by atoms with Crippen molar-refractivity contribution in [1.29, 1.82) is 0 Å². The molecule has 0 aliphatic carbocycles. The van der Waals surface area contributed by atoms with Crippen molar-refractivity contribution in [2.45, 2.75) is 13.0 Å². The smallest absolute Gasteiger partial charge is 0.246 e. The van der Waals surface area contributed by atoms with Gasteiger partial charge in [0.15, 0.2) is 0 Å². The summed E-state index contributed by atoms with van der Waals surface area (Å²) in [4.78, 5) is 23.3. The fourth-order valence-electron chi connectivity index (χ4n) is 1.49. The highest BCUT2D eigenvalue weighted by molar-refractivity contribution is 5.88. The summed E-state index contributed by atoms with van der Waals surface area (Å²) in [6.07, 6.45) is 0. The molecule has 2 amide bonds. The summed E-state index contributed by atoms with van der Waals surface area (Å²) in [6, 6.07) is 8.39. The van der Waals surface area contributed by atoms with Gasteiger partial charge in [-0.05, 0) is 12.5 Å². The van der Waals surface area contributed by atoms with Gasteiger partial charge in [-0.1, -0.05) is 30.3 Å². The number of rotatable bonds is 6. The lowest BCUT2D eigenvalue weighted by Gasteiger charge is -2.17. The minimum absolute atomic E-state index is 0.0448. The normalized spacial score (nSPS) is 11.7. The maximum atomic E-state index is 11.8. The van der Waals surface area contributed by atoms with Crippen LogP contribution in [0.25, 0.3) is 0 Å². The number of hydrogen-bond acceptors (Lipinski definition) is 3. The van der Waals surface area contributed by atoms with Gasteiger partial charge in [0.2, 0.25) is 11.8 Å². The van der Waals surface area contributed by atoms with E-state index in [1.807, 2.05) is 18.2 Å². The Hall–Kier alpha value is -1.88. The highest BCUT2D eigenvalue weighted by Gasteiger charge is 2.21. The molecule has 1 unspecified atom stereocenters. The van der Waals surface area contributed by atoms with Crippen molar-refractivity contribution in [1.82, 2.24) is 10.6 Å². The lowest BCUT2D eigenvalue weighted by atomic mass is 10.1. The quantitative estimate of drug-likeness (QED) is 0.778. The molecule has 1 rings (SSSR count). The summed E-state index contributed by atoms with van der Waals surface area (Å²) in [7, 11) is 1.53. The number of carbonyl (C=O) groups is 2. The highest BCUT2D eigenvalue weighted by atomic mass is 16.5. The Labute approximate surface area is 107 Å². The van der Waals surface area contributed by atoms with Crippen LogP contribution in [0.15, 0.2) is 30.3 Å². The van der Waals surface area contributed by atoms with Crippen LogP contribution in [0.5, 0.6) is 0 Å². The second kappa shape index (κ2) is 7.45. The minimum atomic E-state index is -0.691. The maximum Gasteiger partial charge on any atom is 0.246 e. The van der Waals surface area contributed by atoms with Gasteiger partial charge in [-0.3, -0.25) is 9.59 Å².